The summed E-state index contributed by atoms with van der Waals surface area (Å²) in [5, 5.41) is 0. The lowest BCUT2D eigenvalue weighted by atomic mass is 9.90. The molecule has 3 N–H and O–H groups in total. The molecule has 5 nitrogen and oxygen atoms in total. The molecule has 1 saturated carbocycles. The maximum Gasteiger partial charge on any atom is 0.300 e. The molecule has 1 heterocycles. The Morgan fingerprint density at radius 3 is 2.89 bits per heavy atom. The Morgan fingerprint density at radius 1 is 1.39 bits per heavy atom. The maximum atomic E-state index is 11.2. The summed E-state index contributed by atoms with van der Waals surface area (Å²) in [6.07, 6.45) is 6.51. The molecular formula is C13H20N2O3. The van der Waals surface area contributed by atoms with Gasteiger partial charge < -0.3 is 9.15 Å². The number of carbonyl (C=O) groups excluding carboxylic acids is 1. The first-order valence-corrected chi connectivity index (χ1v) is 6.47. The SMILES string of the molecule is NNC(=O)c1ccc(COCC2CCCCC2)o1. The molecule has 18 heavy (non-hydrogen) atoms. The zero-order valence-electron chi connectivity index (χ0n) is 10.5. The number of carbonyl (C=O) groups is 1. The number of hydrogen-bond donors (Lipinski definition) is 2. The van der Waals surface area contributed by atoms with Crippen LogP contribution in [0.4, 0.5) is 0 Å². The summed E-state index contributed by atoms with van der Waals surface area (Å²) >= 11 is 0. The van der Waals surface area contributed by atoms with Crippen molar-refractivity contribution in [2.75, 3.05) is 6.61 Å². The van der Waals surface area contributed by atoms with Crippen molar-refractivity contribution < 1.29 is 13.9 Å². The van der Waals surface area contributed by atoms with Gasteiger partial charge in [-0.3, -0.25) is 10.2 Å². The van der Waals surface area contributed by atoms with Crippen molar-refractivity contribution in [2.24, 2.45) is 11.8 Å². The smallest absolute Gasteiger partial charge is 0.300 e. The van der Waals surface area contributed by atoms with E-state index in [2.05, 4.69) is 0 Å². The summed E-state index contributed by atoms with van der Waals surface area (Å²) in [5.41, 5.74) is 2.03. The molecule has 100 valence electrons. The maximum absolute atomic E-state index is 11.2. The van der Waals surface area contributed by atoms with Gasteiger partial charge in [-0.05, 0) is 30.9 Å². The number of nitrogens with two attached hydrogens (primary N) is 1. The molecular weight excluding hydrogens is 232 g/mol. The van der Waals surface area contributed by atoms with E-state index in [1.54, 1.807) is 12.1 Å². The van der Waals surface area contributed by atoms with Crippen LogP contribution in [0.1, 0.15) is 48.4 Å². The molecule has 0 unspecified atom stereocenters. The second kappa shape index (κ2) is 6.56. The summed E-state index contributed by atoms with van der Waals surface area (Å²) in [7, 11) is 0. The first-order chi connectivity index (χ1) is 8.79. The van der Waals surface area contributed by atoms with E-state index in [4.69, 9.17) is 15.0 Å². The first-order valence-electron chi connectivity index (χ1n) is 6.47. The monoisotopic (exact) mass is 252 g/mol. The molecule has 1 aromatic heterocycles. The second-order valence-corrected chi connectivity index (χ2v) is 4.76. The van der Waals surface area contributed by atoms with Crippen molar-refractivity contribution in [2.45, 2.75) is 38.7 Å². The summed E-state index contributed by atoms with van der Waals surface area (Å²) in [4.78, 5) is 11.2. The minimum atomic E-state index is -0.423. The Hall–Kier alpha value is -1.33. The van der Waals surface area contributed by atoms with Crippen molar-refractivity contribution in [3.63, 3.8) is 0 Å². The van der Waals surface area contributed by atoms with Crippen LogP contribution < -0.4 is 11.3 Å². The summed E-state index contributed by atoms with van der Waals surface area (Å²) < 4.78 is 10.9. The van der Waals surface area contributed by atoms with E-state index in [0.717, 1.165) is 6.61 Å². The number of ether oxygens (including phenoxy) is 1. The third-order valence-electron chi connectivity index (χ3n) is 3.34. The number of nitrogen functional groups attached to an aromatic ring is 1. The molecule has 1 fully saturated rings. The quantitative estimate of drug-likeness (QED) is 0.477. The van der Waals surface area contributed by atoms with Gasteiger partial charge in [0.15, 0.2) is 5.76 Å². The molecule has 0 spiro atoms. The van der Waals surface area contributed by atoms with Gasteiger partial charge in [-0.15, -0.1) is 0 Å². The lowest BCUT2D eigenvalue weighted by Crippen LogP contribution is -2.29. The molecule has 1 aliphatic carbocycles. The number of rotatable bonds is 5. The van der Waals surface area contributed by atoms with Crippen LogP contribution in [-0.2, 0) is 11.3 Å². The molecule has 0 aliphatic heterocycles. The Kier molecular flexibility index (Phi) is 4.78. The second-order valence-electron chi connectivity index (χ2n) is 4.76. The Morgan fingerprint density at radius 2 is 2.17 bits per heavy atom. The molecule has 0 radical (unpaired) electrons. The Balaban J connectivity index is 1.72. The normalized spacial score (nSPS) is 16.7. The highest BCUT2D eigenvalue weighted by Gasteiger charge is 2.14. The molecule has 0 aromatic carbocycles. The predicted molar refractivity (Wildman–Crippen MR) is 66.6 cm³/mol. The average Bonchev–Trinajstić information content (AvgIpc) is 2.88. The standard InChI is InChI=1S/C13H20N2O3/c14-15-13(16)12-7-6-11(18-12)9-17-8-10-4-2-1-3-5-10/h6-7,10H,1-5,8-9,14H2,(H,15,16). The van der Waals surface area contributed by atoms with E-state index in [1.807, 2.05) is 5.43 Å². The minimum Gasteiger partial charge on any atom is -0.453 e. The van der Waals surface area contributed by atoms with Crippen LogP contribution in [0.5, 0.6) is 0 Å². The van der Waals surface area contributed by atoms with E-state index >= 15 is 0 Å². The molecule has 5 heteroatoms. The zero-order chi connectivity index (χ0) is 12.8. The minimum absolute atomic E-state index is 0.216. The number of hydrogen-bond acceptors (Lipinski definition) is 4. The molecule has 2 rings (SSSR count). The van der Waals surface area contributed by atoms with Crippen molar-refractivity contribution >= 4 is 5.91 Å². The van der Waals surface area contributed by atoms with Gasteiger partial charge >= 0.3 is 5.91 Å². The number of hydrazine groups is 1. The van der Waals surface area contributed by atoms with Gasteiger partial charge in [0.2, 0.25) is 0 Å². The number of nitrogens with one attached hydrogen (secondary N) is 1. The molecule has 1 amide bonds. The van der Waals surface area contributed by atoms with Gasteiger partial charge in [0, 0.05) is 6.61 Å². The van der Waals surface area contributed by atoms with Crippen molar-refractivity contribution in [3.8, 4) is 0 Å². The highest BCUT2D eigenvalue weighted by Crippen LogP contribution is 2.24. The fourth-order valence-corrected chi connectivity index (χ4v) is 2.33. The van der Waals surface area contributed by atoms with Gasteiger partial charge in [-0.25, -0.2) is 5.84 Å². The van der Waals surface area contributed by atoms with Crippen LogP contribution in [0.2, 0.25) is 0 Å². The summed E-state index contributed by atoms with van der Waals surface area (Å²) in [6, 6.07) is 3.34. The van der Waals surface area contributed by atoms with E-state index in [1.165, 1.54) is 32.1 Å². The van der Waals surface area contributed by atoms with Gasteiger partial charge in [0.1, 0.15) is 12.4 Å². The van der Waals surface area contributed by atoms with Gasteiger partial charge in [-0.1, -0.05) is 19.3 Å². The first kappa shape index (κ1) is 13.1. The highest BCUT2D eigenvalue weighted by molar-refractivity contribution is 5.90. The Labute approximate surface area is 107 Å². The van der Waals surface area contributed by atoms with E-state index in [9.17, 15) is 4.79 Å². The van der Waals surface area contributed by atoms with Crippen molar-refractivity contribution in [1.82, 2.24) is 5.43 Å². The largest absolute Gasteiger partial charge is 0.453 e. The predicted octanol–water partition coefficient (Wildman–Crippen LogP) is 1.98. The van der Waals surface area contributed by atoms with E-state index < -0.39 is 5.91 Å². The van der Waals surface area contributed by atoms with Crippen LogP contribution in [0, 0.1) is 5.92 Å². The number of amides is 1. The van der Waals surface area contributed by atoms with Crippen molar-refractivity contribution in [1.29, 1.82) is 0 Å². The molecule has 1 aromatic rings. The lowest BCUT2D eigenvalue weighted by Gasteiger charge is -2.20. The lowest BCUT2D eigenvalue weighted by molar-refractivity contribution is 0.0625. The fraction of sp³-hybridized carbons (Fsp3) is 0.615. The van der Waals surface area contributed by atoms with Crippen LogP contribution in [0.25, 0.3) is 0 Å². The van der Waals surface area contributed by atoms with Crippen LogP contribution in [-0.4, -0.2) is 12.5 Å². The van der Waals surface area contributed by atoms with Gasteiger partial charge in [0.25, 0.3) is 0 Å². The topological polar surface area (TPSA) is 77.5 Å². The Bertz CT molecular complexity index is 383. The molecule has 0 atom stereocenters. The van der Waals surface area contributed by atoms with Crippen LogP contribution in [0.15, 0.2) is 16.5 Å². The zero-order valence-corrected chi connectivity index (χ0v) is 10.5. The van der Waals surface area contributed by atoms with E-state index in [0.29, 0.717) is 18.3 Å². The summed E-state index contributed by atoms with van der Waals surface area (Å²) in [5.74, 6) is 6.15. The third kappa shape index (κ3) is 3.58. The van der Waals surface area contributed by atoms with Gasteiger partial charge in [-0.2, -0.15) is 0 Å². The van der Waals surface area contributed by atoms with Gasteiger partial charge in [0.05, 0.1) is 0 Å². The number of furan rings is 1. The van der Waals surface area contributed by atoms with Crippen molar-refractivity contribution in [3.05, 3.63) is 23.7 Å². The molecule has 0 saturated heterocycles. The molecule has 0 bridgehead atoms. The summed E-state index contributed by atoms with van der Waals surface area (Å²) in [6.45, 7) is 1.19. The van der Waals surface area contributed by atoms with Crippen LogP contribution in [0.3, 0.4) is 0 Å². The highest BCUT2D eigenvalue weighted by atomic mass is 16.5. The van der Waals surface area contributed by atoms with E-state index in [-0.39, 0.29) is 5.76 Å². The fourth-order valence-electron chi connectivity index (χ4n) is 2.33. The molecule has 1 aliphatic rings. The third-order valence-corrected chi connectivity index (χ3v) is 3.34. The van der Waals surface area contributed by atoms with Crippen LogP contribution >= 0.6 is 0 Å². The average molecular weight is 252 g/mol.